The molecule has 3 rings (SSSR count). The molecule has 1 amide bonds. The zero-order valence-corrected chi connectivity index (χ0v) is 13.3. The third-order valence-corrected chi connectivity index (χ3v) is 5.14. The summed E-state index contributed by atoms with van der Waals surface area (Å²) in [6.07, 6.45) is 1.62. The minimum Gasteiger partial charge on any atom is -0.484 e. The number of amides is 1. The fourth-order valence-corrected chi connectivity index (χ4v) is 3.47. The average Bonchev–Trinajstić information content (AvgIpc) is 2.56. The van der Waals surface area contributed by atoms with Gasteiger partial charge in [0.05, 0.1) is 11.1 Å². The van der Waals surface area contributed by atoms with Gasteiger partial charge in [0.1, 0.15) is 11.6 Å². The van der Waals surface area contributed by atoms with E-state index in [4.69, 9.17) is 21.1 Å². The third-order valence-electron chi connectivity index (χ3n) is 4.84. The van der Waals surface area contributed by atoms with Gasteiger partial charge in [0.25, 0.3) is 5.91 Å². The Kier molecular flexibility index (Phi) is 4.75. The van der Waals surface area contributed by atoms with Gasteiger partial charge in [-0.25, -0.2) is 4.39 Å². The third kappa shape index (κ3) is 3.29. The second-order valence-electron chi connectivity index (χ2n) is 6.08. The van der Waals surface area contributed by atoms with E-state index < -0.39 is 11.9 Å². The molecule has 0 radical (unpaired) electrons. The van der Waals surface area contributed by atoms with Gasteiger partial charge in [0, 0.05) is 30.7 Å². The first-order chi connectivity index (χ1) is 11.0. The molecule has 2 atom stereocenters. The fraction of sp³-hybridized carbons (Fsp3) is 0.562. The van der Waals surface area contributed by atoms with Crippen molar-refractivity contribution in [2.75, 3.05) is 19.8 Å². The minimum atomic E-state index is -0.590. The van der Waals surface area contributed by atoms with E-state index in [1.54, 1.807) is 0 Å². The number of rotatable bonds is 4. The summed E-state index contributed by atoms with van der Waals surface area (Å²) in [7, 11) is 0. The zero-order chi connectivity index (χ0) is 16.4. The molecule has 1 aliphatic carbocycles. The van der Waals surface area contributed by atoms with Gasteiger partial charge in [-0.05, 0) is 31.4 Å². The lowest BCUT2D eigenvalue weighted by molar-refractivity contribution is -0.156. The molecule has 0 aromatic heterocycles. The van der Waals surface area contributed by atoms with Crippen LogP contribution in [0, 0.1) is 11.2 Å². The van der Waals surface area contributed by atoms with Crippen molar-refractivity contribution in [3.63, 3.8) is 0 Å². The van der Waals surface area contributed by atoms with Gasteiger partial charge in [-0.15, -0.1) is 0 Å². The first-order valence-corrected chi connectivity index (χ1v) is 8.02. The Morgan fingerprint density at radius 3 is 2.87 bits per heavy atom. The van der Waals surface area contributed by atoms with Crippen molar-refractivity contribution in [1.29, 1.82) is 0 Å². The minimum absolute atomic E-state index is 0.00622. The number of halogens is 2. The summed E-state index contributed by atoms with van der Waals surface area (Å²) in [6, 6.07) is 3.96. The average molecular weight is 344 g/mol. The number of nitrogens with one attached hydrogen (secondary N) is 1. The Balaban J connectivity index is 1.52. The summed E-state index contributed by atoms with van der Waals surface area (Å²) in [5, 5.41) is 13.0. The van der Waals surface area contributed by atoms with Crippen LogP contribution >= 0.6 is 11.6 Å². The monoisotopic (exact) mass is 343 g/mol. The number of aliphatic hydroxyl groups is 1. The highest BCUT2D eigenvalue weighted by Gasteiger charge is 2.55. The largest absolute Gasteiger partial charge is 0.484 e. The van der Waals surface area contributed by atoms with Crippen molar-refractivity contribution >= 4 is 17.5 Å². The van der Waals surface area contributed by atoms with Crippen LogP contribution in [0.15, 0.2) is 18.2 Å². The fourth-order valence-electron chi connectivity index (χ4n) is 3.35. The smallest absolute Gasteiger partial charge is 0.258 e. The maximum absolute atomic E-state index is 13.3. The first kappa shape index (κ1) is 16.5. The normalized spacial score (nSPS) is 25.7. The SMILES string of the molecule is O=C(COc1ccc(Cl)c(F)c1)N[C@@H]1C[C@@H](O)C12CCOCC2. The van der Waals surface area contributed by atoms with Crippen LogP contribution in [0.3, 0.4) is 0 Å². The number of aliphatic hydroxyl groups excluding tert-OH is 1. The van der Waals surface area contributed by atoms with Gasteiger partial charge in [0.15, 0.2) is 6.61 Å². The zero-order valence-electron chi connectivity index (χ0n) is 12.6. The molecular weight excluding hydrogens is 325 g/mol. The predicted molar refractivity (Wildman–Crippen MR) is 81.9 cm³/mol. The van der Waals surface area contributed by atoms with Gasteiger partial charge < -0.3 is 19.9 Å². The summed E-state index contributed by atoms with van der Waals surface area (Å²) >= 11 is 5.59. The quantitative estimate of drug-likeness (QED) is 0.876. The van der Waals surface area contributed by atoms with Crippen molar-refractivity contribution in [3.05, 3.63) is 29.0 Å². The van der Waals surface area contributed by atoms with E-state index in [2.05, 4.69) is 5.32 Å². The second-order valence-corrected chi connectivity index (χ2v) is 6.49. The number of hydrogen-bond acceptors (Lipinski definition) is 4. The number of ether oxygens (including phenoxy) is 2. The van der Waals surface area contributed by atoms with Gasteiger partial charge in [0.2, 0.25) is 0 Å². The van der Waals surface area contributed by atoms with Crippen molar-refractivity contribution in [2.45, 2.75) is 31.4 Å². The number of carbonyl (C=O) groups is 1. The molecule has 0 unspecified atom stereocenters. The van der Waals surface area contributed by atoms with Crippen molar-refractivity contribution < 1.29 is 23.8 Å². The molecule has 0 bridgehead atoms. The van der Waals surface area contributed by atoms with Crippen LogP contribution in [0.4, 0.5) is 4.39 Å². The van der Waals surface area contributed by atoms with Crippen LogP contribution in [-0.4, -0.2) is 43.0 Å². The molecule has 5 nitrogen and oxygen atoms in total. The van der Waals surface area contributed by atoms with Crippen LogP contribution in [0.1, 0.15) is 19.3 Å². The van der Waals surface area contributed by atoms with Crippen LogP contribution < -0.4 is 10.1 Å². The maximum Gasteiger partial charge on any atom is 0.258 e. The lowest BCUT2D eigenvalue weighted by Crippen LogP contribution is -2.66. The van der Waals surface area contributed by atoms with Crippen LogP contribution in [0.2, 0.25) is 5.02 Å². The summed E-state index contributed by atoms with van der Waals surface area (Å²) in [4.78, 5) is 12.0. The highest BCUT2D eigenvalue weighted by atomic mass is 35.5. The van der Waals surface area contributed by atoms with E-state index in [-0.39, 0.29) is 34.7 Å². The number of carbonyl (C=O) groups excluding carboxylic acids is 1. The Morgan fingerprint density at radius 2 is 2.22 bits per heavy atom. The molecule has 2 fully saturated rings. The molecule has 1 aromatic carbocycles. The molecular formula is C16H19ClFNO4. The number of hydrogen-bond donors (Lipinski definition) is 2. The highest BCUT2D eigenvalue weighted by Crippen LogP contribution is 2.48. The van der Waals surface area contributed by atoms with Crippen molar-refractivity contribution in [2.24, 2.45) is 5.41 Å². The lowest BCUT2D eigenvalue weighted by atomic mass is 9.58. The van der Waals surface area contributed by atoms with E-state index >= 15 is 0 Å². The molecule has 2 N–H and O–H groups in total. The Labute approximate surface area is 138 Å². The Hall–Kier alpha value is -1.37. The second kappa shape index (κ2) is 6.63. The maximum atomic E-state index is 13.3. The Bertz CT molecular complexity index is 591. The van der Waals surface area contributed by atoms with Crippen molar-refractivity contribution in [1.82, 2.24) is 5.32 Å². The summed E-state index contributed by atoms with van der Waals surface area (Å²) in [5.74, 6) is -0.632. The molecule has 126 valence electrons. The molecule has 1 saturated carbocycles. The van der Waals surface area contributed by atoms with Gasteiger partial charge in [-0.3, -0.25) is 4.79 Å². The van der Waals surface area contributed by atoms with E-state index in [0.29, 0.717) is 19.6 Å². The van der Waals surface area contributed by atoms with Crippen LogP contribution in [0.25, 0.3) is 0 Å². The molecule has 1 aromatic rings. The van der Waals surface area contributed by atoms with Crippen LogP contribution in [0.5, 0.6) is 5.75 Å². The summed E-state index contributed by atoms with van der Waals surface area (Å²) in [5.41, 5.74) is -0.277. The molecule has 1 spiro atoms. The van der Waals surface area contributed by atoms with Crippen LogP contribution in [-0.2, 0) is 9.53 Å². The van der Waals surface area contributed by atoms with E-state index in [0.717, 1.165) is 18.9 Å². The lowest BCUT2D eigenvalue weighted by Gasteiger charge is -2.55. The topological polar surface area (TPSA) is 67.8 Å². The molecule has 23 heavy (non-hydrogen) atoms. The molecule has 1 heterocycles. The molecule has 1 saturated heterocycles. The van der Waals surface area contributed by atoms with Crippen molar-refractivity contribution in [3.8, 4) is 5.75 Å². The molecule has 2 aliphatic rings. The summed E-state index contributed by atoms with van der Waals surface area (Å²) in [6.45, 7) is 0.994. The predicted octanol–water partition coefficient (Wildman–Crippen LogP) is 1.90. The van der Waals surface area contributed by atoms with E-state index in [1.807, 2.05) is 0 Å². The standard InChI is InChI=1S/C16H19ClFNO4/c17-11-2-1-10(7-12(11)18)23-9-15(21)19-13-8-14(20)16(13)3-5-22-6-4-16/h1-2,7,13-14,20H,3-6,8-9H2,(H,19,21)/t13-,14-/m1/s1. The molecule has 1 aliphatic heterocycles. The highest BCUT2D eigenvalue weighted by molar-refractivity contribution is 6.30. The van der Waals surface area contributed by atoms with Gasteiger partial charge in [-0.1, -0.05) is 11.6 Å². The number of benzene rings is 1. The molecule has 7 heteroatoms. The first-order valence-electron chi connectivity index (χ1n) is 7.64. The summed E-state index contributed by atoms with van der Waals surface area (Å²) < 4.78 is 23.9. The Morgan fingerprint density at radius 1 is 1.48 bits per heavy atom. The van der Waals surface area contributed by atoms with Gasteiger partial charge in [-0.2, -0.15) is 0 Å². The van der Waals surface area contributed by atoms with Gasteiger partial charge >= 0.3 is 0 Å². The van der Waals surface area contributed by atoms with E-state index in [1.165, 1.54) is 12.1 Å². The van der Waals surface area contributed by atoms with E-state index in [9.17, 15) is 14.3 Å².